The third kappa shape index (κ3) is 3.68. The largest absolute Gasteiger partial charge is 0.493 e. The molecule has 0 unspecified atom stereocenters. The number of halogens is 1. The van der Waals surface area contributed by atoms with Crippen LogP contribution >= 0.6 is 11.6 Å². The van der Waals surface area contributed by atoms with E-state index in [0.29, 0.717) is 16.5 Å². The zero-order valence-electron chi connectivity index (χ0n) is 12.5. The standard InChI is InChI=1S/C15H20ClN3O2/c1-4-5-17-8-11-9-18-15(19-11)10-6-12(16)14(21-3)13(7-10)20-2/h6-7,9,17H,4-5,8H2,1-3H3,(H,18,19). The molecule has 0 saturated carbocycles. The number of imidazole rings is 1. The lowest BCUT2D eigenvalue weighted by atomic mass is 10.2. The molecule has 0 aliphatic carbocycles. The van der Waals surface area contributed by atoms with Gasteiger partial charge < -0.3 is 19.8 Å². The van der Waals surface area contributed by atoms with Crippen molar-refractivity contribution in [3.63, 3.8) is 0 Å². The van der Waals surface area contributed by atoms with Crippen molar-refractivity contribution >= 4 is 11.6 Å². The van der Waals surface area contributed by atoms with Crippen LogP contribution in [0, 0.1) is 0 Å². The van der Waals surface area contributed by atoms with E-state index in [0.717, 1.165) is 36.6 Å². The molecule has 6 heteroatoms. The molecule has 0 spiro atoms. The fraction of sp³-hybridized carbons (Fsp3) is 0.400. The van der Waals surface area contributed by atoms with Crippen LogP contribution in [0.5, 0.6) is 11.5 Å². The molecule has 0 amide bonds. The maximum absolute atomic E-state index is 6.21. The van der Waals surface area contributed by atoms with E-state index in [1.54, 1.807) is 14.2 Å². The first kappa shape index (κ1) is 15.7. The summed E-state index contributed by atoms with van der Waals surface area (Å²) in [5.74, 6) is 1.87. The van der Waals surface area contributed by atoms with Gasteiger partial charge in [-0.15, -0.1) is 0 Å². The molecule has 0 bridgehead atoms. The van der Waals surface area contributed by atoms with Crippen molar-refractivity contribution in [2.45, 2.75) is 19.9 Å². The van der Waals surface area contributed by atoms with Crippen molar-refractivity contribution in [3.8, 4) is 22.9 Å². The van der Waals surface area contributed by atoms with Gasteiger partial charge in [0, 0.05) is 24.0 Å². The molecular weight excluding hydrogens is 290 g/mol. The second-order valence-corrected chi connectivity index (χ2v) is 5.03. The van der Waals surface area contributed by atoms with Gasteiger partial charge in [-0.05, 0) is 25.1 Å². The Balaban J connectivity index is 2.24. The number of nitrogens with one attached hydrogen (secondary N) is 2. The molecule has 5 nitrogen and oxygen atoms in total. The van der Waals surface area contributed by atoms with E-state index in [1.165, 1.54) is 0 Å². The number of nitrogens with zero attached hydrogens (tertiary/aromatic N) is 1. The summed E-state index contributed by atoms with van der Waals surface area (Å²) in [6.07, 6.45) is 2.93. The Morgan fingerprint density at radius 3 is 2.76 bits per heavy atom. The van der Waals surface area contributed by atoms with Crippen LogP contribution in [-0.2, 0) is 6.54 Å². The molecule has 2 N–H and O–H groups in total. The Labute approximate surface area is 129 Å². The minimum absolute atomic E-state index is 0.494. The number of H-pyrrole nitrogens is 1. The highest BCUT2D eigenvalue weighted by atomic mass is 35.5. The highest BCUT2D eigenvalue weighted by Gasteiger charge is 2.13. The van der Waals surface area contributed by atoms with Crippen LogP contribution in [0.25, 0.3) is 11.4 Å². The van der Waals surface area contributed by atoms with Gasteiger partial charge in [-0.1, -0.05) is 18.5 Å². The number of aromatic amines is 1. The maximum Gasteiger partial charge on any atom is 0.179 e. The Hall–Kier alpha value is -1.72. The summed E-state index contributed by atoms with van der Waals surface area (Å²) in [4.78, 5) is 7.66. The number of aromatic nitrogens is 2. The number of rotatable bonds is 7. The third-order valence-corrected chi connectivity index (χ3v) is 3.36. The van der Waals surface area contributed by atoms with Gasteiger partial charge in [-0.2, -0.15) is 0 Å². The van der Waals surface area contributed by atoms with Crippen LogP contribution in [0.4, 0.5) is 0 Å². The second-order valence-electron chi connectivity index (χ2n) is 4.63. The van der Waals surface area contributed by atoms with Crippen LogP contribution in [-0.4, -0.2) is 30.7 Å². The van der Waals surface area contributed by atoms with Gasteiger partial charge in [0.25, 0.3) is 0 Å². The summed E-state index contributed by atoms with van der Waals surface area (Å²) in [6, 6.07) is 3.66. The third-order valence-electron chi connectivity index (χ3n) is 3.08. The first-order chi connectivity index (χ1) is 10.2. The van der Waals surface area contributed by atoms with Crippen LogP contribution < -0.4 is 14.8 Å². The molecule has 0 atom stereocenters. The van der Waals surface area contributed by atoms with E-state index in [4.69, 9.17) is 21.1 Å². The van der Waals surface area contributed by atoms with Crippen molar-refractivity contribution in [2.24, 2.45) is 0 Å². The van der Waals surface area contributed by atoms with Crippen LogP contribution in [0.2, 0.25) is 5.02 Å². The van der Waals surface area contributed by atoms with E-state index in [-0.39, 0.29) is 0 Å². The lowest BCUT2D eigenvalue weighted by Gasteiger charge is -2.10. The van der Waals surface area contributed by atoms with E-state index < -0.39 is 0 Å². The molecule has 21 heavy (non-hydrogen) atoms. The van der Waals surface area contributed by atoms with Crippen molar-refractivity contribution in [1.29, 1.82) is 0 Å². The lowest BCUT2D eigenvalue weighted by Crippen LogP contribution is -2.13. The number of hydrogen-bond acceptors (Lipinski definition) is 4. The quantitative estimate of drug-likeness (QED) is 0.771. The monoisotopic (exact) mass is 309 g/mol. The molecular formula is C15H20ClN3O2. The number of hydrogen-bond donors (Lipinski definition) is 2. The Kier molecular flexibility index (Phi) is 5.47. The molecule has 2 rings (SSSR count). The average molecular weight is 310 g/mol. The minimum Gasteiger partial charge on any atom is -0.493 e. The first-order valence-electron chi connectivity index (χ1n) is 6.86. The number of benzene rings is 1. The minimum atomic E-state index is 0.494. The van der Waals surface area contributed by atoms with Crippen LogP contribution in [0.1, 0.15) is 19.0 Å². The molecule has 0 aliphatic rings. The molecule has 0 saturated heterocycles. The maximum atomic E-state index is 6.21. The Bertz CT molecular complexity index is 599. The normalized spacial score (nSPS) is 10.7. The summed E-state index contributed by atoms with van der Waals surface area (Å²) in [5, 5.41) is 3.82. The van der Waals surface area contributed by atoms with E-state index in [2.05, 4.69) is 22.2 Å². The topological polar surface area (TPSA) is 59.2 Å². The number of methoxy groups -OCH3 is 2. The van der Waals surface area contributed by atoms with Crippen molar-refractivity contribution < 1.29 is 9.47 Å². The molecule has 0 aliphatic heterocycles. The lowest BCUT2D eigenvalue weighted by molar-refractivity contribution is 0.355. The fourth-order valence-electron chi connectivity index (χ4n) is 2.05. The summed E-state index contributed by atoms with van der Waals surface area (Å²) in [6.45, 7) is 3.88. The molecule has 0 fully saturated rings. The SMILES string of the molecule is CCCNCc1cnc(-c2cc(Cl)c(OC)c(OC)c2)[nH]1. The van der Waals surface area contributed by atoms with Gasteiger partial charge in [-0.25, -0.2) is 4.98 Å². The number of ether oxygens (including phenoxy) is 2. The van der Waals surface area contributed by atoms with Gasteiger partial charge in [0.2, 0.25) is 0 Å². The molecule has 1 heterocycles. The molecule has 1 aromatic heterocycles. The van der Waals surface area contributed by atoms with Gasteiger partial charge in [0.05, 0.1) is 19.2 Å². The Morgan fingerprint density at radius 2 is 2.10 bits per heavy atom. The van der Waals surface area contributed by atoms with Crippen LogP contribution in [0.15, 0.2) is 18.3 Å². The summed E-state index contributed by atoms with van der Waals surface area (Å²) in [7, 11) is 3.15. The summed E-state index contributed by atoms with van der Waals surface area (Å²) < 4.78 is 10.5. The summed E-state index contributed by atoms with van der Waals surface area (Å²) >= 11 is 6.21. The Morgan fingerprint density at radius 1 is 1.29 bits per heavy atom. The van der Waals surface area contributed by atoms with E-state index in [9.17, 15) is 0 Å². The molecule has 1 aromatic carbocycles. The van der Waals surface area contributed by atoms with Crippen molar-refractivity contribution in [2.75, 3.05) is 20.8 Å². The van der Waals surface area contributed by atoms with Crippen LogP contribution in [0.3, 0.4) is 0 Å². The first-order valence-corrected chi connectivity index (χ1v) is 7.23. The van der Waals surface area contributed by atoms with Gasteiger partial charge in [0.15, 0.2) is 11.5 Å². The van der Waals surface area contributed by atoms with E-state index in [1.807, 2.05) is 18.3 Å². The fourth-order valence-corrected chi connectivity index (χ4v) is 2.34. The molecule has 0 radical (unpaired) electrons. The van der Waals surface area contributed by atoms with E-state index >= 15 is 0 Å². The predicted molar refractivity (Wildman–Crippen MR) is 84.1 cm³/mol. The van der Waals surface area contributed by atoms with Crippen molar-refractivity contribution in [1.82, 2.24) is 15.3 Å². The highest BCUT2D eigenvalue weighted by molar-refractivity contribution is 6.32. The molecule has 2 aromatic rings. The van der Waals surface area contributed by atoms with Gasteiger partial charge >= 0.3 is 0 Å². The predicted octanol–water partition coefficient (Wildman–Crippen LogP) is 3.25. The average Bonchev–Trinajstić information content (AvgIpc) is 2.95. The van der Waals surface area contributed by atoms with Gasteiger partial charge in [0.1, 0.15) is 5.82 Å². The van der Waals surface area contributed by atoms with Gasteiger partial charge in [-0.3, -0.25) is 0 Å². The molecule has 114 valence electrons. The smallest absolute Gasteiger partial charge is 0.179 e. The zero-order chi connectivity index (χ0) is 15.2. The zero-order valence-corrected chi connectivity index (χ0v) is 13.3. The highest BCUT2D eigenvalue weighted by Crippen LogP contribution is 2.38. The van der Waals surface area contributed by atoms with Crippen molar-refractivity contribution in [3.05, 3.63) is 29.0 Å². The summed E-state index contributed by atoms with van der Waals surface area (Å²) in [5.41, 5.74) is 1.89. The second kappa shape index (κ2) is 7.33.